The third kappa shape index (κ3) is 3.95. The van der Waals surface area contributed by atoms with Crippen molar-refractivity contribution in [2.45, 2.75) is 25.9 Å². The molecule has 0 saturated carbocycles. The lowest BCUT2D eigenvalue weighted by Crippen LogP contribution is -1.99. The van der Waals surface area contributed by atoms with Crippen LogP contribution in [0.3, 0.4) is 0 Å². The second-order valence-electron chi connectivity index (χ2n) is 3.27. The lowest BCUT2D eigenvalue weighted by Gasteiger charge is -2.01. The van der Waals surface area contributed by atoms with E-state index >= 15 is 0 Å². The number of rotatable bonds is 4. The second kappa shape index (κ2) is 5.84. The number of aliphatic hydroxyl groups excluding tert-OH is 1. The third-order valence-electron chi connectivity index (χ3n) is 1.97. The second-order valence-corrected chi connectivity index (χ2v) is 3.70. The molecule has 1 aromatic carbocycles. The molecule has 0 radical (unpaired) electrons. The molecule has 0 aliphatic carbocycles. The van der Waals surface area contributed by atoms with Crippen molar-refractivity contribution in [1.29, 1.82) is 0 Å². The number of benzene rings is 1. The van der Waals surface area contributed by atoms with Gasteiger partial charge in [-0.25, -0.2) is 0 Å². The molecular weight excluding hydrogens is 196 g/mol. The van der Waals surface area contributed by atoms with E-state index in [9.17, 15) is 5.11 Å². The molecule has 1 atom stereocenters. The predicted molar refractivity (Wildman–Crippen MR) is 61.4 cm³/mol. The summed E-state index contributed by atoms with van der Waals surface area (Å²) in [6.07, 6.45) is 5.19. The summed E-state index contributed by atoms with van der Waals surface area (Å²) in [6.45, 7) is 2.05. The van der Waals surface area contributed by atoms with E-state index < -0.39 is 0 Å². The first-order valence-electron chi connectivity index (χ1n) is 4.84. The van der Waals surface area contributed by atoms with Crippen molar-refractivity contribution in [2.75, 3.05) is 0 Å². The summed E-state index contributed by atoms with van der Waals surface area (Å²) >= 11 is 5.75. The maximum Gasteiger partial charge on any atom is 0.0724 e. The zero-order valence-electron chi connectivity index (χ0n) is 8.28. The van der Waals surface area contributed by atoms with Gasteiger partial charge in [0.1, 0.15) is 0 Å². The molecule has 76 valence electrons. The molecule has 1 unspecified atom stereocenters. The highest BCUT2D eigenvalue weighted by Crippen LogP contribution is 2.11. The molecule has 0 saturated heterocycles. The van der Waals surface area contributed by atoms with Crippen molar-refractivity contribution in [3.8, 4) is 0 Å². The van der Waals surface area contributed by atoms with Crippen LogP contribution in [0.1, 0.15) is 25.3 Å². The molecule has 0 heterocycles. The SMILES string of the molecule is CCCC(O)/C=C/c1ccc(Cl)cc1. The summed E-state index contributed by atoms with van der Waals surface area (Å²) < 4.78 is 0. The van der Waals surface area contributed by atoms with Crippen molar-refractivity contribution in [1.82, 2.24) is 0 Å². The number of halogens is 1. The minimum absolute atomic E-state index is 0.337. The molecule has 0 aliphatic rings. The Kier molecular flexibility index (Phi) is 4.71. The molecule has 0 fully saturated rings. The van der Waals surface area contributed by atoms with Crippen LogP contribution in [0, 0.1) is 0 Å². The summed E-state index contributed by atoms with van der Waals surface area (Å²) in [4.78, 5) is 0. The number of aliphatic hydroxyl groups is 1. The summed E-state index contributed by atoms with van der Waals surface area (Å²) in [5.74, 6) is 0. The zero-order valence-corrected chi connectivity index (χ0v) is 9.04. The summed E-state index contributed by atoms with van der Waals surface area (Å²) in [5, 5.41) is 10.2. The van der Waals surface area contributed by atoms with Crippen molar-refractivity contribution in [3.05, 3.63) is 40.9 Å². The molecule has 1 N–H and O–H groups in total. The molecule has 0 bridgehead atoms. The fraction of sp³-hybridized carbons (Fsp3) is 0.333. The molecule has 0 amide bonds. The fourth-order valence-corrected chi connectivity index (χ4v) is 1.31. The van der Waals surface area contributed by atoms with Crippen molar-refractivity contribution in [2.24, 2.45) is 0 Å². The molecule has 1 nitrogen and oxygen atoms in total. The Morgan fingerprint density at radius 1 is 1.36 bits per heavy atom. The van der Waals surface area contributed by atoms with E-state index in [1.807, 2.05) is 36.4 Å². The summed E-state index contributed by atoms with van der Waals surface area (Å²) in [5.41, 5.74) is 1.06. The van der Waals surface area contributed by atoms with Gasteiger partial charge in [-0.05, 0) is 24.1 Å². The van der Waals surface area contributed by atoms with Crippen LogP contribution in [0.2, 0.25) is 5.02 Å². The molecule has 0 aliphatic heterocycles. The Bertz CT molecular complexity index is 290. The Balaban J connectivity index is 2.55. The third-order valence-corrected chi connectivity index (χ3v) is 2.22. The highest BCUT2D eigenvalue weighted by Gasteiger charge is 1.95. The largest absolute Gasteiger partial charge is 0.389 e. The van der Waals surface area contributed by atoms with E-state index in [0.717, 1.165) is 23.4 Å². The van der Waals surface area contributed by atoms with Gasteiger partial charge >= 0.3 is 0 Å². The standard InChI is InChI=1S/C12H15ClO/c1-2-3-12(14)9-6-10-4-7-11(13)8-5-10/h4-9,12,14H,2-3H2,1H3/b9-6+. The van der Waals surface area contributed by atoms with Crippen molar-refractivity contribution < 1.29 is 5.11 Å². The van der Waals surface area contributed by atoms with Crippen molar-refractivity contribution in [3.63, 3.8) is 0 Å². The van der Waals surface area contributed by atoms with Crippen LogP contribution in [0.4, 0.5) is 0 Å². The molecule has 0 aromatic heterocycles. The van der Waals surface area contributed by atoms with E-state index in [1.165, 1.54) is 0 Å². The fourth-order valence-electron chi connectivity index (χ4n) is 1.19. The van der Waals surface area contributed by atoms with Gasteiger partial charge in [-0.3, -0.25) is 0 Å². The molecule has 1 rings (SSSR count). The topological polar surface area (TPSA) is 20.2 Å². The molecule has 2 heteroatoms. The van der Waals surface area contributed by atoms with Crippen LogP contribution in [0.15, 0.2) is 30.3 Å². The van der Waals surface area contributed by atoms with E-state index in [0.29, 0.717) is 0 Å². The maximum absolute atomic E-state index is 9.45. The van der Waals surface area contributed by atoms with Gasteiger partial charge in [-0.2, -0.15) is 0 Å². The lowest BCUT2D eigenvalue weighted by atomic mass is 10.1. The summed E-state index contributed by atoms with van der Waals surface area (Å²) in [7, 11) is 0. The van der Waals surface area contributed by atoms with Crippen LogP contribution < -0.4 is 0 Å². The van der Waals surface area contributed by atoms with E-state index in [-0.39, 0.29) is 6.10 Å². The summed E-state index contributed by atoms with van der Waals surface area (Å²) in [6, 6.07) is 7.54. The zero-order chi connectivity index (χ0) is 10.4. The van der Waals surface area contributed by atoms with Crippen LogP contribution in [-0.2, 0) is 0 Å². The molecule has 1 aromatic rings. The van der Waals surface area contributed by atoms with Gasteiger partial charge in [-0.1, -0.05) is 49.2 Å². The van der Waals surface area contributed by atoms with Crippen LogP contribution in [-0.4, -0.2) is 11.2 Å². The Morgan fingerprint density at radius 3 is 2.57 bits per heavy atom. The van der Waals surface area contributed by atoms with Crippen LogP contribution in [0.5, 0.6) is 0 Å². The highest BCUT2D eigenvalue weighted by atomic mass is 35.5. The molecule has 0 spiro atoms. The minimum Gasteiger partial charge on any atom is -0.389 e. The molecule has 14 heavy (non-hydrogen) atoms. The minimum atomic E-state index is -0.337. The van der Waals surface area contributed by atoms with Gasteiger partial charge < -0.3 is 5.11 Å². The van der Waals surface area contributed by atoms with Gasteiger partial charge in [0.05, 0.1) is 6.10 Å². The van der Waals surface area contributed by atoms with E-state index in [1.54, 1.807) is 0 Å². The average molecular weight is 211 g/mol. The van der Waals surface area contributed by atoms with Gasteiger partial charge in [0.15, 0.2) is 0 Å². The van der Waals surface area contributed by atoms with Gasteiger partial charge in [0, 0.05) is 5.02 Å². The quantitative estimate of drug-likeness (QED) is 0.807. The Morgan fingerprint density at radius 2 is 2.00 bits per heavy atom. The van der Waals surface area contributed by atoms with Crippen LogP contribution >= 0.6 is 11.6 Å². The first kappa shape index (κ1) is 11.3. The first-order valence-corrected chi connectivity index (χ1v) is 5.22. The average Bonchev–Trinajstić information content (AvgIpc) is 2.17. The normalized spacial score (nSPS) is 13.4. The lowest BCUT2D eigenvalue weighted by molar-refractivity contribution is 0.212. The number of hydrogen-bond donors (Lipinski definition) is 1. The monoisotopic (exact) mass is 210 g/mol. The van der Waals surface area contributed by atoms with Crippen LogP contribution in [0.25, 0.3) is 6.08 Å². The van der Waals surface area contributed by atoms with E-state index in [2.05, 4.69) is 6.92 Å². The predicted octanol–water partition coefficient (Wildman–Crippen LogP) is 3.51. The molecular formula is C12H15ClO. The Hall–Kier alpha value is -0.790. The Labute approximate surface area is 90.0 Å². The first-order chi connectivity index (χ1) is 6.72. The van der Waals surface area contributed by atoms with E-state index in [4.69, 9.17) is 11.6 Å². The van der Waals surface area contributed by atoms with Gasteiger partial charge in [-0.15, -0.1) is 0 Å². The highest BCUT2D eigenvalue weighted by molar-refractivity contribution is 6.30. The number of hydrogen-bond acceptors (Lipinski definition) is 1. The smallest absolute Gasteiger partial charge is 0.0724 e. The van der Waals surface area contributed by atoms with Gasteiger partial charge in [0.25, 0.3) is 0 Å². The van der Waals surface area contributed by atoms with Gasteiger partial charge in [0.2, 0.25) is 0 Å². The van der Waals surface area contributed by atoms with Crippen molar-refractivity contribution >= 4 is 17.7 Å². The maximum atomic E-state index is 9.45.